The number of rotatable bonds is 8. The van der Waals surface area contributed by atoms with E-state index in [2.05, 4.69) is 10.3 Å². The molecule has 0 saturated carbocycles. The smallest absolute Gasteiger partial charge is 0.408 e. The minimum absolute atomic E-state index is 0.0792. The van der Waals surface area contributed by atoms with Crippen LogP contribution >= 0.6 is 11.3 Å². The van der Waals surface area contributed by atoms with Crippen LogP contribution in [0.4, 0.5) is 4.79 Å². The number of nitrogens with zero attached hydrogens (tertiary/aromatic N) is 1. The van der Waals surface area contributed by atoms with Crippen LogP contribution in [0.5, 0.6) is 0 Å². The summed E-state index contributed by atoms with van der Waals surface area (Å²) in [6, 6.07) is 8.95. The fourth-order valence-electron chi connectivity index (χ4n) is 3.82. The summed E-state index contributed by atoms with van der Waals surface area (Å²) in [5.74, 6) is -1.27. The van der Waals surface area contributed by atoms with Gasteiger partial charge in [0.15, 0.2) is 5.41 Å². The second-order valence-electron chi connectivity index (χ2n) is 9.04. The zero-order valence-electron chi connectivity index (χ0n) is 19.3. The molecule has 0 spiro atoms. The summed E-state index contributed by atoms with van der Waals surface area (Å²) in [4.78, 5) is 43.5. The molecule has 1 fully saturated rings. The summed E-state index contributed by atoms with van der Waals surface area (Å²) in [5.41, 5.74) is 0.423. The molecule has 2 aromatic rings. The highest BCUT2D eigenvalue weighted by atomic mass is 32.1. The number of thiazole rings is 1. The zero-order chi connectivity index (χ0) is 24.1. The van der Waals surface area contributed by atoms with Crippen molar-refractivity contribution < 1.29 is 28.6 Å². The number of nitrogens with one attached hydrogen (secondary N) is 1. The fraction of sp³-hybridized carbons (Fsp3) is 0.500. The number of cyclic esters (lactones) is 1. The second kappa shape index (κ2) is 10.3. The van der Waals surface area contributed by atoms with Gasteiger partial charge in [0.1, 0.15) is 11.7 Å². The molecular formula is C24H30N2O6S. The van der Waals surface area contributed by atoms with Crippen LogP contribution in [0.15, 0.2) is 42.0 Å². The van der Waals surface area contributed by atoms with E-state index in [9.17, 15) is 14.4 Å². The number of hydrogen-bond acceptors (Lipinski definition) is 8. The Morgan fingerprint density at radius 3 is 2.64 bits per heavy atom. The third kappa shape index (κ3) is 6.31. The highest BCUT2D eigenvalue weighted by Crippen LogP contribution is 2.41. The van der Waals surface area contributed by atoms with Gasteiger partial charge in [-0.15, -0.1) is 11.3 Å². The summed E-state index contributed by atoms with van der Waals surface area (Å²) in [7, 11) is 0. The van der Waals surface area contributed by atoms with Gasteiger partial charge in [-0.3, -0.25) is 14.6 Å². The van der Waals surface area contributed by atoms with Gasteiger partial charge in [-0.05, 0) is 39.7 Å². The summed E-state index contributed by atoms with van der Waals surface area (Å²) in [6.45, 7) is 7.16. The molecule has 33 heavy (non-hydrogen) atoms. The first-order chi connectivity index (χ1) is 15.6. The molecule has 1 aromatic carbocycles. The number of benzene rings is 1. The topological polar surface area (TPSA) is 104 Å². The van der Waals surface area contributed by atoms with Gasteiger partial charge in [0, 0.05) is 23.9 Å². The standard InChI is InChI=1S/C24H30N2O6S/c1-5-30-20(27)24(12-17-14-25-15-33-17)13-19(31-21(24)28)18(11-16-9-7-6-8-10-16)26-22(29)32-23(2,3)4/h6-10,14-15,18-19H,5,11-13H2,1-4H3,(H,26,29). The van der Waals surface area contributed by atoms with Crippen molar-refractivity contribution in [2.24, 2.45) is 5.41 Å². The molecule has 3 rings (SSSR count). The maximum atomic E-state index is 13.1. The predicted molar refractivity (Wildman–Crippen MR) is 123 cm³/mol. The number of alkyl carbamates (subject to hydrolysis) is 1. The Morgan fingerprint density at radius 1 is 1.30 bits per heavy atom. The summed E-state index contributed by atoms with van der Waals surface area (Å²) in [5, 5.41) is 2.85. The van der Waals surface area contributed by atoms with Gasteiger partial charge in [-0.1, -0.05) is 30.3 Å². The van der Waals surface area contributed by atoms with Crippen molar-refractivity contribution in [3.63, 3.8) is 0 Å². The first-order valence-electron chi connectivity index (χ1n) is 10.9. The number of carbonyl (C=O) groups is 3. The average Bonchev–Trinajstić information content (AvgIpc) is 3.36. The molecule has 1 aromatic heterocycles. The van der Waals surface area contributed by atoms with Crippen LogP contribution in [0.3, 0.4) is 0 Å². The van der Waals surface area contributed by atoms with Crippen LogP contribution in [0, 0.1) is 5.41 Å². The molecular weight excluding hydrogens is 444 g/mol. The molecule has 178 valence electrons. The van der Waals surface area contributed by atoms with Crippen molar-refractivity contribution in [3.8, 4) is 0 Å². The SMILES string of the molecule is CCOC(=O)C1(Cc2cncs2)CC(C(Cc2ccccc2)NC(=O)OC(C)(C)C)OC1=O. The molecule has 0 aliphatic carbocycles. The molecule has 8 nitrogen and oxygen atoms in total. The Bertz CT molecular complexity index is 957. The van der Waals surface area contributed by atoms with E-state index in [0.717, 1.165) is 10.4 Å². The molecule has 1 aliphatic heterocycles. The number of carbonyl (C=O) groups excluding carboxylic acids is 3. The monoisotopic (exact) mass is 474 g/mol. The Hall–Kier alpha value is -2.94. The highest BCUT2D eigenvalue weighted by molar-refractivity contribution is 7.09. The first kappa shape index (κ1) is 24.7. The van der Waals surface area contributed by atoms with Crippen molar-refractivity contribution in [1.29, 1.82) is 0 Å². The lowest BCUT2D eigenvalue weighted by Crippen LogP contribution is -2.47. The van der Waals surface area contributed by atoms with Gasteiger partial charge in [-0.2, -0.15) is 0 Å². The predicted octanol–water partition coefficient (Wildman–Crippen LogP) is 3.69. The van der Waals surface area contributed by atoms with Crippen molar-refractivity contribution in [1.82, 2.24) is 10.3 Å². The Morgan fingerprint density at radius 2 is 2.03 bits per heavy atom. The van der Waals surface area contributed by atoms with Crippen molar-refractivity contribution >= 4 is 29.4 Å². The van der Waals surface area contributed by atoms with Crippen molar-refractivity contribution in [3.05, 3.63) is 52.5 Å². The summed E-state index contributed by atoms with van der Waals surface area (Å²) < 4.78 is 16.4. The number of hydrogen-bond donors (Lipinski definition) is 1. The molecule has 0 radical (unpaired) electrons. The van der Waals surface area contributed by atoms with Crippen molar-refractivity contribution in [2.75, 3.05) is 6.61 Å². The maximum absolute atomic E-state index is 13.1. The van der Waals surface area contributed by atoms with Crippen LogP contribution in [0.2, 0.25) is 0 Å². The van der Waals surface area contributed by atoms with E-state index in [1.54, 1.807) is 39.4 Å². The third-order valence-electron chi connectivity index (χ3n) is 5.27. The lowest BCUT2D eigenvalue weighted by atomic mass is 9.79. The van der Waals surface area contributed by atoms with E-state index in [-0.39, 0.29) is 19.4 Å². The molecule has 9 heteroatoms. The van der Waals surface area contributed by atoms with Crippen LogP contribution in [0.25, 0.3) is 0 Å². The van der Waals surface area contributed by atoms with Gasteiger partial charge >= 0.3 is 18.0 Å². The third-order valence-corrected chi connectivity index (χ3v) is 6.05. The highest BCUT2D eigenvalue weighted by Gasteiger charge is 2.58. The summed E-state index contributed by atoms with van der Waals surface area (Å²) in [6.07, 6.45) is 0.897. The molecule has 3 atom stereocenters. The van der Waals surface area contributed by atoms with E-state index in [1.807, 2.05) is 30.3 Å². The molecule has 1 saturated heterocycles. The maximum Gasteiger partial charge on any atom is 0.408 e. The minimum Gasteiger partial charge on any atom is -0.465 e. The number of esters is 2. The lowest BCUT2D eigenvalue weighted by Gasteiger charge is -2.27. The van der Waals surface area contributed by atoms with Crippen LogP contribution < -0.4 is 5.32 Å². The molecule has 1 amide bonds. The first-order valence-corrected chi connectivity index (χ1v) is 11.8. The Labute approximate surface area is 197 Å². The van der Waals surface area contributed by atoms with E-state index < -0.39 is 41.2 Å². The molecule has 0 bridgehead atoms. The van der Waals surface area contributed by atoms with Gasteiger partial charge in [-0.25, -0.2) is 4.79 Å². The van der Waals surface area contributed by atoms with Crippen LogP contribution in [0.1, 0.15) is 44.6 Å². The quantitative estimate of drug-likeness (QED) is 0.353. The van der Waals surface area contributed by atoms with Crippen LogP contribution in [-0.4, -0.2) is 47.4 Å². The minimum atomic E-state index is -1.49. The summed E-state index contributed by atoms with van der Waals surface area (Å²) >= 11 is 1.36. The van der Waals surface area contributed by atoms with E-state index in [0.29, 0.717) is 6.42 Å². The number of amides is 1. The zero-order valence-corrected chi connectivity index (χ0v) is 20.1. The van der Waals surface area contributed by atoms with Crippen LogP contribution in [-0.2, 0) is 36.6 Å². The largest absolute Gasteiger partial charge is 0.465 e. The normalized spacial score (nSPS) is 21.2. The number of aromatic nitrogens is 1. The molecule has 2 heterocycles. The molecule has 3 unspecified atom stereocenters. The fourth-order valence-corrected chi connectivity index (χ4v) is 4.53. The Kier molecular flexibility index (Phi) is 7.73. The van der Waals surface area contributed by atoms with Gasteiger partial charge in [0.25, 0.3) is 0 Å². The Balaban J connectivity index is 1.88. The average molecular weight is 475 g/mol. The lowest BCUT2D eigenvalue weighted by molar-refractivity contribution is -0.165. The van der Waals surface area contributed by atoms with E-state index >= 15 is 0 Å². The van der Waals surface area contributed by atoms with Gasteiger partial charge in [0.05, 0.1) is 18.2 Å². The molecule has 1 aliphatic rings. The van der Waals surface area contributed by atoms with Crippen molar-refractivity contribution in [2.45, 2.75) is 64.7 Å². The molecule has 1 N–H and O–H groups in total. The van der Waals surface area contributed by atoms with Gasteiger partial charge < -0.3 is 19.5 Å². The van der Waals surface area contributed by atoms with E-state index in [1.165, 1.54) is 11.3 Å². The number of ether oxygens (including phenoxy) is 3. The van der Waals surface area contributed by atoms with E-state index in [4.69, 9.17) is 14.2 Å². The van der Waals surface area contributed by atoms with Gasteiger partial charge in [0.2, 0.25) is 0 Å². The second-order valence-corrected chi connectivity index (χ2v) is 10.0.